The van der Waals surface area contributed by atoms with Crippen LogP contribution in [0.3, 0.4) is 0 Å². The van der Waals surface area contributed by atoms with Gasteiger partial charge in [-0.05, 0) is 77.0 Å². The highest BCUT2D eigenvalue weighted by molar-refractivity contribution is 5.87. The van der Waals surface area contributed by atoms with Crippen molar-refractivity contribution in [1.82, 2.24) is 10.6 Å². The lowest BCUT2D eigenvalue weighted by molar-refractivity contribution is -0.150. The van der Waals surface area contributed by atoms with Gasteiger partial charge in [0.15, 0.2) is 0 Å². The van der Waals surface area contributed by atoms with Gasteiger partial charge in [0.25, 0.3) is 0 Å². The molecule has 0 spiro atoms. The predicted octanol–water partition coefficient (Wildman–Crippen LogP) is 8.81. The molecule has 0 aromatic heterocycles. The van der Waals surface area contributed by atoms with Crippen LogP contribution in [0, 0.1) is 0 Å². The number of carbonyl (C=O) groups excluding carboxylic acids is 3. The van der Waals surface area contributed by atoms with Gasteiger partial charge in [0, 0.05) is 12.8 Å². The highest BCUT2D eigenvalue weighted by atomic mass is 16.5. The molecule has 0 bridgehead atoms. The molecule has 9 heteroatoms. The van der Waals surface area contributed by atoms with Crippen molar-refractivity contribution in [2.75, 3.05) is 13.2 Å². The first-order valence-electron chi connectivity index (χ1n) is 19.5. The van der Waals surface area contributed by atoms with Gasteiger partial charge in [-0.25, -0.2) is 4.79 Å². The molecule has 0 aromatic rings. The lowest BCUT2D eigenvalue weighted by atomic mass is 10.0. The van der Waals surface area contributed by atoms with E-state index in [9.17, 15) is 19.2 Å². The molecule has 0 saturated carbocycles. The summed E-state index contributed by atoms with van der Waals surface area (Å²) in [7, 11) is 0. The summed E-state index contributed by atoms with van der Waals surface area (Å²) in [5.41, 5.74) is 0. The molecule has 4 N–H and O–H groups in total. The second kappa shape index (κ2) is 35.6. The monoisotopic (exact) mass is 703 g/mol. The number of nitrogens with one attached hydrogen (secondary N) is 2. The number of ether oxygens (including phenoxy) is 1. The van der Waals surface area contributed by atoms with Gasteiger partial charge in [0.1, 0.15) is 12.1 Å². The molecule has 0 rings (SSSR count). The van der Waals surface area contributed by atoms with E-state index in [1.54, 1.807) is 0 Å². The van der Waals surface area contributed by atoms with E-state index in [1.165, 1.54) is 32.1 Å². The smallest absolute Gasteiger partial charge is 0.328 e. The molecule has 2 amide bonds. The quantitative estimate of drug-likeness (QED) is 0.0298. The average molecular weight is 703 g/mol. The summed E-state index contributed by atoms with van der Waals surface area (Å²) in [6.07, 6.45) is 40.4. The van der Waals surface area contributed by atoms with Crippen LogP contribution in [-0.4, -0.2) is 59.3 Å². The number of unbranched alkanes of at least 4 members (excludes halogenated alkanes) is 12. The fourth-order valence-electron chi connectivity index (χ4n) is 5.35. The third-order valence-corrected chi connectivity index (χ3v) is 8.34. The number of amides is 2. The fourth-order valence-corrected chi connectivity index (χ4v) is 5.35. The number of carboxylic acid groups (broad SMARTS) is 1. The number of carboxylic acids is 1. The summed E-state index contributed by atoms with van der Waals surface area (Å²) in [6.45, 7) is 3.24. The van der Waals surface area contributed by atoms with E-state index < -0.39 is 24.5 Å². The second-order valence-corrected chi connectivity index (χ2v) is 13.0. The Morgan fingerprint density at radius 2 is 1.14 bits per heavy atom. The van der Waals surface area contributed by atoms with Crippen molar-refractivity contribution >= 4 is 23.8 Å². The van der Waals surface area contributed by atoms with Crippen LogP contribution in [0.1, 0.15) is 162 Å². The molecule has 2 atom stereocenters. The van der Waals surface area contributed by atoms with Crippen LogP contribution >= 0.6 is 0 Å². The van der Waals surface area contributed by atoms with Crippen LogP contribution < -0.4 is 10.6 Å². The molecule has 286 valence electrons. The molecule has 0 aliphatic carbocycles. The van der Waals surface area contributed by atoms with E-state index in [0.717, 1.165) is 96.3 Å². The lowest BCUT2D eigenvalue weighted by Crippen LogP contribution is -2.47. The zero-order valence-corrected chi connectivity index (χ0v) is 31.4. The summed E-state index contributed by atoms with van der Waals surface area (Å²) in [5, 5.41) is 22.4. The van der Waals surface area contributed by atoms with Gasteiger partial charge in [0.2, 0.25) is 11.8 Å². The number of aliphatic hydroxyl groups is 1. The number of aliphatic carboxylic acids is 1. The Morgan fingerprint density at radius 1 is 0.620 bits per heavy atom. The van der Waals surface area contributed by atoms with Crippen molar-refractivity contribution in [2.45, 2.75) is 174 Å². The van der Waals surface area contributed by atoms with Crippen molar-refractivity contribution in [1.29, 1.82) is 0 Å². The topological polar surface area (TPSA) is 142 Å². The van der Waals surface area contributed by atoms with Crippen molar-refractivity contribution in [3.05, 3.63) is 48.6 Å². The van der Waals surface area contributed by atoms with E-state index in [4.69, 9.17) is 14.9 Å². The molecule has 0 heterocycles. The fraction of sp³-hybridized carbons (Fsp3) is 0.707. The highest BCUT2D eigenvalue weighted by Crippen LogP contribution is 2.17. The zero-order valence-electron chi connectivity index (χ0n) is 31.4. The Labute approximate surface area is 303 Å². The Bertz CT molecular complexity index is 989. The first-order valence-corrected chi connectivity index (χ1v) is 19.5. The molecular weight excluding hydrogens is 632 g/mol. The van der Waals surface area contributed by atoms with Gasteiger partial charge in [-0.2, -0.15) is 0 Å². The molecule has 0 saturated heterocycles. The van der Waals surface area contributed by atoms with E-state index in [0.29, 0.717) is 12.8 Å². The Morgan fingerprint density at radius 3 is 1.72 bits per heavy atom. The van der Waals surface area contributed by atoms with Crippen molar-refractivity contribution in [3.8, 4) is 0 Å². The zero-order chi connectivity index (χ0) is 36.9. The Kier molecular flexibility index (Phi) is 33.3. The third-order valence-electron chi connectivity index (χ3n) is 8.34. The third kappa shape index (κ3) is 32.0. The van der Waals surface area contributed by atoms with Crippen LogP contribution in [0.5, 0.6) is 0 Å². The van der Waals surface area contributed by atoms with Gasteiger partial charge in [-0.3, -0.25) is 14.4 Å². The maximum atomic E-state index is 12.5. The number of esters is 1. The molecule has 50 heavy (non-hydrogen) atoms. The summed E-state index contributed by atoms with van der Waals surface area (Å²) in [4.78, 5) is 47.2. The van der Waals surface area contributed by atoms with Crippen LogP contribution in [0.2, 0.25) is 0 Å². The number of aliphatic hydroxyl groups excluding tert-OH is 1. The second-order valence-electron chi connectivity index (χ2n) is 13.0. The van der Waals surface area contributed by atoms with Gasteiger partial charge in [0.05, 0.1) is 13.2 Å². The molecule has 9 nitrogen and oxygen atoms in total. The van der Waals surface area contributed by atoms with Crippen LogP contribution in [0.25, 0.3) is 0 Å². The average Bonchev–Trinajstić information content (AvgIpc) is 3.10. The number of allylic oxidation sites excluding steroid dienone is 8. The van der Waals surface area contributed by atoms with Crippen LogP contribution in [0.4, 0.5) is 0 Å². The lowest BCUT2D eigenvalue weighted by Gasteiger charge is -2.18. The summed E-state index contributed by atoms with van der Waals surface area (Å²) >= 11 is 0. The van der Waals surface area contributed by atoms with Gasteiger partial charge in [-0.15, -0.1) is 0 Å². The van der Waals surface area contributed by atoms with E-state index in [1.807, 2.05) is 0 Å². The minimum atomic E-state index is -1.39. The van der Waals surface area contributed by atoms with Crippen LogP contribution in [-0.2, 0) is 23.9 Å². The normalized spacial score (nSPS) is 13.0. The summed E-state index contributed by atoms with van der Waals surface area (Å²) in [5.74, 6) is -2.41. The molecule has 0 radical (unpaired) electrons. The number of hydrogen-bond donors (Lipinski definition) is 4. The molecule has 2 unspecified atom stereocenters. The van der Waals surface area contributed by atoms with E-state index in [2.05, 4.69) is 73.1 Å². The van der Waals surface area contributed by atoms with E-state index in [-0.39, 0.29) is 30.9 Å². The standard InChI is InChI=1S/C41H70N2O7/c1-3-5-7-8-9-10-11-12-13-14-15-16-17-18-19-20-21-22-23-24-29-33-40(47)50-36(30-26-6-4-2)31-27-25-28-32-38(45)42-34-39(46)43-37(35-44)41(48)49/h5,7,9-10,12-13,15-16,36-37,44H,3-4,6,8,11,14,17-35H2,1-2H3,(H,42,45)(H,43,46)(H,48,49)/b7-5-,10-9-,13-12-,16-15-. The van der Waals surface area contributed by atoms with Crippen LogP contribution in [0.15, 0.2) is 48.6 Å². The van der Waals surface area contributed by atoms with Crippen molar-refractivity contribution in [3.63, 3.8) is 0 Å². The largest absolute Gasteiger partial charge is 0.480 e. The summed E-state index contributed by atoms with van der Waals surface area (Å²) < 4.78 is 5.86. The molecule has 0 fully saturated rings. The number of rotatable bonds is 34. The first kappa shape index (κ1) is 46.8. The maximum Gasteiger partial charge on any atom is 0.328 e. The predicted molar refractivity (Wildman–Crippen MR) is 204 cm³/mol. The molecule has 0 aliphatic heterocycles. The number of carbonyl (C=O) groups is 4. The van der Waals surface area contributed by atoms with Crippen molar-refractivity contribution in [2.24, 2.45) is 0 Å². The summed E-state index contributed by atoms with van der Waals surface area (Å²) in [6, 6.07) is -1.39. The Balaban J connectivity index is 3.93. The molecular formula is C41H70N2O7. The van der Waals surface area contributed by atoms with Gasteiger partial charge < -0.3 is 25.6 Å². The number of hydrogen-bond acceptors (Lipinski definition) is 6. The van der Waals surface area contributed by atoms with Gasteiger partial charge >= 0.3 is 11.9 Å². The Hall–Kier alpha value is -3.20. The minimum absolute atomic E-state index is 0.0861. The molecule has 0 aliphatic rings. The SMILES string of the molecule is CC/C=C\C/C=C\C/C=C\C/C=C\CCCCCCCCCCC(=O)OC(CCCCC)CCCCCC(=O)NCC(=O)NC(CO)C(=O)O. The molecule has 0 aromatic carbocycles. The highest BCUT2D eigenvalue weighted by Gasteiger charge is 2.19. The van der Waals surface area contributed by atoms with Gasteiger partial charge in [-0.1, -0.05) is 120 Å². The maximum absolute atomic E-state index is 12.5. The minimum Gasteiger partial charge on any atom is -0.480 e. The van der Waals surface area contributed by atoms with Crippen molar-refractivity contribution < 1.29 is 34.1 Å². The van der Waals surface area contributed by atoms with E-state index >= 15 is 0 Å². The first-order chi connectivity index (χ1) is 24.3.